The summed E-state index contributed by atoms with van der Waals surface area (Å²) < 4.78 is 0. The van der Waals surface area contributed by atoms with E-state index in [0.717, 1.165) is 11.1 Å². The van der Waals surface area contributed by atoms with Crippen LogP contribution in [0.4, 0.5) is 0 Å². The molecule has 0 spiro atoms. The van der Waals surface area contributed by atoms with Gasteiger partial charge in [-0.1, -0.05) is 60.7 Å². The standard InChI is InChI=1S/2C9H10O2.Co/c2*10-9(11)7-6-8-4-2-1-3-5-8;/h2*1-5H,6-7H2,(H,10,11);/q;;+2/p-2. The second-order valence-corrected chi connectivity index (χ2v) is 4.72. The number of carboxylic acid groups (broad SMARTS) is 2. The fourth-order valence-corrected chi connectivity index (χ4v) is 1.78. The van der Waals surface area contributed by atoms with E-state index in [4.69, 9.17) is 0 Å². The summed E-state index contributed by atoms with van der Waals surface area (Å²) in [7, 11) is 0. The van der Waals surface area contributed by atoms with Crippen LogP contribution in [0.3, 0.4) is 0 Å². The SMILES string of the molecule is O=C([O-])CCc1ccccc1.O=C([O-])CCc1ccccc1.[Co+2]. The summed E-state index contributed by atoms with van der Waals surface area (Å²) in [6, 6.07) is 19.0. The Bertz CT molecular complexity index is 517. The van der Waals surface area contributed by atoms with Crippen molar-refractivity contribution in [2.45, 2.75) is 25.7 Å². The zero-order valence-electron chi connectivity index (χ0n) is 12.6. The van der Waals surface area contributed by atoms with Gasteiger partial charge in [-0.15, -0.1) is 0 Å². The molecule has 0 heterocycles. The van der Waals surface area contributed by atoms with Crippen LogP contribution in [-0.2, 0) is 39.2 Å². The molecule has 5 heteroatoms. The molecule has 0 fully saturated rings. The average molecular weight is 357 g/mol. The van der Waals surface area contributed by atoms with Gasteiger partial charge in [-0.05, 0) is 36.8 Å². The molecular weight excluding hydrogens is 339 g/mol. The number of aryl methyl sites for hydroxylation is 2. The van der Waals surface area contributed by atoms with E-state index < -0.39 is 11.9 Å². The van der Waals surface area contributed by atoms with Crippen molar-refractivity contribution < 1.29 is 36.6 Å². The molecule has 2 rings (SSSR count). The molecule has 0 saturated carbocycles. The molecule has 0 atom stereocenters. The van der Waals surface area contributed by atoms with Crippen molar-refractivity contribution in [3.05, 3.63) is 71.8 Å². The van der Waals surface area contributed by atoms with Crippen LogP contribution in [0.15, 0.2) is 60.7 Å². The quantitative estimate of drug-likeness (QED) is 0.764. The number of carbonyl (C=O) groups is 2. The van der Waals surface area contributed by atoms with Crippen molar-refractivity contribution in [1.82, 2.24) is 0 Å². The Labute approximate surface area is 146 Å². The maximum absolute atomic E-state index is 10.1. The number of carboxylic acids is 2. The van der Waals surface area contributed by atoms with Crippen LogP contribution >= 0.6 is 0 Å². The molecule has 23 heavy (non-hydrogen) atoms. The molecular formula is C18H18CoO4. The second kappa shape index (κ2) is 12.4. The monoisotopic (exact) mass is 357 g/mol. The van der Waals surface area contributed by atoms with Crippen LogP contribution < -0.4 is 10.2 Å². The van der Waals surface area contributed by atoms with Crippen LogP contribution in [0.5, 0.6) is 0 Å². The Morgan fingerprint density at radius 1 is 0.652 bits per heavy atom. The third kappa shape index (κ3) is 11.2. The molecule has 1 radical (unpaired) electrons. The average Bonchev–Trinajstić information content (AvgIpc) is 2.53. The van der Waals surface area contributed by atoms with Gasteiger partial charge in [0.05, 0.1) is 0 Å². The molecule has 0 unspecified atom stereocenters. The first-order valence-corrected chi connectivity index (χ1v) is 7.05. The van der Waals surface area contributed by atoms with Gasteiger partial charge in [0.15, 0.2) is 0 Å². The molecule has 0 aliphatic heterocycles. The van der Waals surface area contributed by atoms with Gasteiger partial charge in [0.2, 0.25) is 0 Å². The van der Waals surface area contributed by atoms with Crippen LogP contribution in [-0.4, -0.2) is 11.9 Å². The molecule has 0 aliphatic rings. The Kier molecular flexibility index (Phi) is 11.3. The minimum atomic E-state index is -0.992. The molecule has 0 N–H and O–H groups in total. The largest absolute Gasteiger partial charge is 2.00 e. The Morgan fingerprint density at radius 2 is 0.957 bits per heavy atom. The van der Waals surface area contributed by atoms with Gasteiger partial charge < -0.3 is 19.8 Å². The molecule has 0 saturated heterocycles. The summed E-state index contributed by atoms with van der Waals surface area (Å²) >= 11 is 0. The topological polar surface area (TPSA) is 80.3 Å². The van der Waals surface area contributed by atoms with Gasteiger partial charge in [-0.3, -0.25) is 0 Å². The maximum Gasteiger partial charge on any atom is 2.00 e. The van der Waals surface area contributed by atoms with Gasteiger partial charge in [-0.2, -0.15) is 0 Å². The van der Waals surface area contributed by atoms with E-state index in [-0.39, 0.29) is 29.6 Å². The van der Waals surface area contributed by atoms with Crippen molar-refractivity contribution in [2.24, 2.45) is 0 Å². The maximum atomic E-state index is 10.1. The minimum absolute atomic E-state index is 0. The Balaban J connectivity index is 0.000000403. The van der Waals surface area contributed by atoms with E-state index in [0.29, 0.717) is 12.8 Å². The Hall–Kier alpha value is -2.11. The minimum Gasteiger partial charge on any atom is -0.550 e. The smallest absolute Gasteiger partial charge is 0.550 e. The molecule has 0 bridgehead atoms. The van der Waals surface area contributed by atoms with Gasteiger partial charge in [-0.25, -0.2) is 0 Å². The van der Waals surface area contributed by atoms with Gasteiger partial charge in [0.25, 0.3) is 0 Å². The van der Waals surface area contributed by atoms with Gasteiger partial charge >= 0.3 is 16.8 Å². The predicted molar refractivity (Wildman–Crippen MR) is 79.5 cm³/mol. The predicted octanol–water partition coefficient (Wildman–Crippen LogP) is 0.736. The molecule has 2 aromatic carbocycles. The van der Waals surface area contributed by atoms with Crippen LogP contribution in [0.1, 0.15) is 24.0 Å². The summed E-state index contributed by atoms with van der Waals surface area (Å²) in [4.78, 5) is 20.1. The van der Waals surface area contributed by atoms with Crippen molar-refractivity contribution in [3.63, 3.8) is 0 Å². The third-order valence-corrected chi connectivity index (χ3v) is 2.92. The zero-order valence-corrected chi connectivity index (χ0v) is 13.6. The normalized spacial score (nSPS) is 9.04. The molecule has 0 aliphatic carbocycles. The fraction of sp³-hybridized carbons (Fsp3) is 0.222. The molecule has 4 nitrogen and oxygen atoms in total. The van der Waals surface area contributed by atoms with Crippen LogP contribution in [0.2, 0.25) is 0 Å². The van der Waals surface area contributed by atoms with E-state index >= 15 is 0 Å². The summed E-state index contributed by atoms with van der Waals surface area (Å²) in [6.07, 6.45) is 1.32. The van der Waals surface area contributed by atoms with Crippen molar-refractivity contribution >= 4 is 11.9 Å². The van der Waals surface area contributed by atoms with E-state index in [2.05, 4.69) is 0 Å². The first-order valence-electron chi connectivity index (χ1n) is 7.05. The van der Waals surface area contributed by atoms with E-state index in [1.807, 2.05) is 60.7 Å². The first-order chi connectivity index (χ1) is 10.6. The number of carbonyl (C=O) groups excluding carboxylic acids is 2. The fourth-order valence-electron chi connectivity index (χ4n) is 1.78. The molecule has 0 amide bonds. The van der Waals surface area contributed by atoms with Crippen LogP contribution in [0.25, 0.3) is 0 Å². The molecule has 0 aromatic heterocycles. The summed E-state index contributed by atoms with van der Waals surface area (Å²) in [5.74, 6) is -1.98. The number of rotatable bonds is 6. The third-order valence-electron chi connectivity index (χ3n) is 2.92. The van der Waals surface area contributed by atoms with Gasteiger partial charge in [0, 0.05) is 11.9 Å². The number of hydrogen-bond acceptors (Lipinski definition) is 4. The van der Waals surface area contributed by atoms with E-state index in [1.165, 1.54) is 0 Å². The van der Waals surface area contributed by atoms with E-state index in [1.54, 1.807) is 0 Å². The number of hydrogen-bond donors (Lipinski definition) is 0. The zero-order chi connectivity index (χ0) is 16.2. The molecule has 123 valence electrons. The Morgan fingerprint density at radius 3 is 1.22 bits per heavy atom. The summed E-state index contributed by atoms with van der Waals surface area (Å²) in [6.45, 7) is 0. The number of benzene rings is 2. The number of aliphatic carboxylic acids is 2. The van der Waals surface area contributed by atoms with Crippen LogP contribution in [0, 0.1) is 0 Å². The summed E-state index contributed by atoms with van der Waals surface area (Å²) in [5, 5.41) is 20.1. The van der Waals surface area contributed by atoms with E-state index in [9.17, 15) is 19.8 Å². The summed E-state index contributed by atoms with van der Waals surface area (Å²) in [5.41, 5.74) is 2.08. The first kappa shape index (κ1) is 20.9. The second-order valence-electron chi connectivity index (χ2n) is 4.72. The van der Waals surface area contributed by atoms with Crippen molar-refractivity contribution in [3.8, 4) is 0 Å². The molecule has 2 aromatic rings. The van der Waals surface area contributed by atoms with Crippen molar-refractivity contribution in [1.29, 1.82) is 0 Å². The van der Waals surface area contributed by atoms with Crippen molar-refractivity contribution in [2.75, 3.05) is 0 Å². The van der Waals surface area contributed by atoms with Gasteiger partial charge in [0.1, 0.15) is 0 Å².